The number of phenolic OH excluding ortho intramolecular Hbond substituents is 1. The molecule has 0 saturated carbocycles. The Hall–Kier alpha value is -4.40. The lowest BCUT2D eigenvalue weighted by Crippen LogP contribution is -2.48. The van der Waals surface area contributed by atoms with Crippen LogP contribution in [0.15, 0.2) is 54.7 Å². The van der Waals surface area contributed by atoms with Gasteiger partial charge in [-0.05, 0) is 67.3 Å². The minimum Gasteiger partial charge on any atom is -0.507 e. The third-order valence-corrected chi connectivity index (χ3v) is 6.49. The van der Waals surface area contributed by atoms with Crippen molar-refractivity contribution < 1.29 is 24.2 Å². The highest BCUT2D eigenvalue weighted by molar-refractivity contribution is 5.99. The number of phenols is 1. The number of esters is 1. The van der Waals surface area contributed by atoms with Crippen molar-refractivity contribution in [1.29, 1.82) is 0 Å². The molecular formula is C27H26N4O5. The van der Waals surface area contributed by atoms with E-state index in [2.05, 4.69) is 15.0 Å². The minimum absolute atomic E-state index is 0.0613. The molecule has 9 heteroatoms. The Kier molecular flexibility index (Phi) is 6.28. The van der Waals surface area contributed by atoms with Crippen molar-refractivity contribution >= 4 is 22.9 Å². The lowest BCUT2D eigenvalue weighted by atomic mass is 10.0. The fourth-order valence-electron chi connectivity index (χ4n) is 4.65. The normalized spacial score (nSPS) is 15.6. The van der Waals surface area contributed by atoms with Crippen LogP contribution in [0.4, 0.5) is 0 Å². The quantitative estimate of drug-likeness (QED) is 0.407. The standard InChI is InChI=1S/C27H26N4O5/c1-35-25-18(6-5-12-28-25)16-9-11-23(32)19(14-16)24-29-20-10-8-17(15-21(20)30-24)26(33)31-13-4-3-7-22(31)27(34)36-2/h5-6,8-12,14-15,22,32H,3-4,7,13H2,1-2H3,(H,29,30). The Labute approximate surface area is 207 Å². The molecule has 1 atom stereocenters. The van der Waals surface area contributed by atoms with Crippen LogP contribution in [0, 0.1) is 0 Å². The van der Waals surface area contributed by atoms with E-state index >= 15 is 0 Å². The number of hydrogen-bond acceptors (Lipinski definition) is 7. The first-order valence-electron chi connectivity index (χ1n) is 11.7. The van der Waals surface area contributed by atoms with E-state index in [9.17, 15) is 14.7 Å². The van der Waals surface area contributed by atoms with Gasteiger partial charge in [-0.15, -0.1) is 0 Å². The molecule has 1 amide bonds. The number of aromatic hydroxyl groups is 1. The maximum absolute atomic E-state index is 13.3. The summed E-state index contributed by atoms with van der Waals surface area (Å²) in [6, 6.07) is 13.5. The number of imidazole rings is 1. The third-order valence-electron chi connectivity index (χ3n) is 6.49. The second-order valence-corrected chi connectivity index (χ2v) is 8.64. The van der Waals surface area contributed by atoms with Gasteiger partial charge in [0.15, 0.2) is 0 Å². The van der Waals surface area contributed by atoms with E-state index in [-0.39, 0.29) is 11.7 Å². The molecule has 0 aliphatic carbocycles. The first kappa shape index (κ1) is 23.3. The molecule has 1 aliphatic heterocycles. The van der Waals surface area contributed by atoms with Gasteiger partial charge in [-0.25, -0.2) is 14.8 Å². The number of nitrogens with one attached hydrogen (secondary N) is 1. The second-order valence-electron chi connectivity index (χ2n) is 8.64. The SMILES string of the molecule is COC(=O)C1CCCCN1C(=O)c1ccc2[nH]c(-c3cc(-c4cccnc4OC)ccc3O)nc2c1. The molecule has 36 heavy (non-hydrogen) atoms. The molecule has 1 saturated heterocycles. The van der Waals surface area contributed by atoms with Crippen LogP contribution in [0.1, 0.15) is 29.6 Å². The van der Waals surface area contributed by atoms with Crippen molar-refractivity contribution in [3.8, 4) is 34.1 Å². The lowest BCUT2D eigenvalue weighted by Gasteiger charge is -2.33. The van der Waals surface area contributed by atoms with E-state index in [1.54, 1.807) is 48.5 Å². The van der Waals surface area contributed by atoms with Gasteiger partial charge in [0.1, 0.15) is 17.6 Å². The van der Waals surface area contributed by atoms with Crippen molar-refractivity contribution in [2.24, 2.45) is 0 Å². The molecule has 1 unspecified atom stereocenters. The number of nitrogens with zero attached hydrogens (tertiary/aromatic N) is 3. The van der Waals surface area contributed by atoms with Crippen LogP contribution >= 0.6 is 0 Å². The smallest absolute Gasteiger partial charge is 0.328 e. The van der Waals surface area contributed by atoms with Crippen LogP contribution < -0.4 is 4.74 Å². The zero-order valence-electron chi connectivity index (χ0n) is 20.0. The highest BCUT2D eigenvalue weighted by Crippen LogP contribution is 2.36. The first-order valence-corrected chi connectivity index (χ1v) is 11.7. The molecule has 2 N–H and O–H groups in total. The monoisotopic (exact) mass is 486 g/mol. The average Bonchev–Trinajstić information content (AvgIpc) is 3.35. The van der Waals surface area contributed by atoms with Gasteiger partial charge in [-0.2, -0.15) is 0 Å². The zero-order chi connectivity index (χ0) is 25.2. The molecule has 1 fully saturated rings. The van der Waals surface area contributed by atoms with Gasteiger partial charge in [0.05, 0.1) is 30.8 Å². The van der Waals surface area contributed by atoms with Gasteiger partial charge in [-0.3, -0.25) is 4.79 Å². The van der Waals surface area contributed by atoms with Crippen LogP contribution in [0.3, 0.4) is 0 Å². The third kappa shape index (κ3) is 4.24. The topological polar surface area (TPSA) is 118 Å². The zero-order valence-corrected chi connectivity index (χ0v) is 20.0. The number of aromatic nitrogens is 3. The molecule has 9 nitrogen and oxygen atoms in total. The molecule has 2 aromatic carbocycles. The first-order chi connectivity index (χ1) is 17.5. The van der Waals surface area contributed by atoms with Crippen LogP contribution in [0.5, 0.6) is 11.6 Å². The van der Waals surface area contributed by atoms with E-state index in [1.807, 2.05) is 18.2 Å². The number of H-pyrrole nitrogens is 1. The number of pyridine rings is 1. The molecule has 2 aromatic heterocycles. The van der Waals surface area contributed by atoms with Gasteiger partial charge in [-0.1, -0.05) is 6.07 Å². The summed E-state index contributed by atoms with van der Waals surface area (Å²) in [5.74, 6) is 0.371. The number of aromatic amines is 1. The van der Waals surface area contributed by atoms with Crippen molar-refractivity contribution in [2.45, 2.75) is 25.3 Å². The van der Waals surface area contributed by atoms with Crippen LogP contribution in [0.2, 0.25) is 0 Å². The molecule has 0 bridgehead atoms. The number of methoxy groups -OCH3 is 2. The predicted molar refractivity (Wildman–Crippen MR) is 134 cm³/mol. The Balaban J connectivity index is 1.49. The molecule has 0 spiro atoms. The summed E-state index contributed by atoms with van der Waals surface area (Å²) in [7, 11) is 2.90. The van der Waals surface area contributed by atoms with Crippen LogP contribution in [-0.4, -0.2) is 63.6 Å². The molecule has 5 rings (SSSR count). The molecule has 184 valence electrons. The van der Waals surface area contributed by atoms with Gasteiger partial charge in [0, 0.05) is 23.9 Å². The number of rotatable bonds is 5. The highest BCUT2D eigenvalue weighted by atomic mass is 16.5. The number of fused-ring (bicyclic) bond motifs is 1. The van der Waals surface area contributed by atoms with E-state index < -0.39 is 12.0 Å². The van der Waals surface area contributed by atoms with Crippen molar-refractivity contribution in [1.82, 2.24) is 19.9 Å². The van der Waals surface area contributed by atoms with Gasteiger partial charge in [0.25, 0.3) is 5.91 Å². The van der Waals surface area contributed by atoms with Crippen molar-refractivity contribution in [3.63, 3.8) is 0 Å². The Morgan fingerprint density at radius 3 is 2.75 bits per heavy atom. The van der Waals surface area contributed by atoms with Gasteiger partial charge in [0.2, 0.25) is 5.88 Å². The molecular weight excluding hydrogens is 460 g/mol. The molecule has 4 aromatic rings. The van der Waals surface area contributed by atoms with E-state index in [4.69, 9.17) is 9.47 Å². The Morgan fingerprint density at radius 2 is 1.94 bits per heavy atom. The Morgan fingerprint density at radius 1 is 1.08 bits per heavy atom. The van der Waals surface area contributed by atoms with Gasteiger partial charge >= 0.3 is 5.97 Å². The van der Waals surface area contributed by atoms with E-state index in [0.717, 1.165) is 24.0 Å². The number of carbonyl (C=O) groups excluding carboxylic acids is 2. The largest absolute Gasteiger partial charge is 0.507 e. The Bertz CT molecular complexity index is 1450. The van der Waals surface area contributed by atoms with E-state index in [1.165, 1.54) is 7.11 Å². The van der Waals surface area contributed by atoms with Crippen LogP contribution in [0.25, 0.3) is 33.5 Å². The fourth-order valence-corrected chi connectivity index (χ4v) is 4.65. The summed E-state index contributed by atoms with van der Waals surface area (Å²) in [6.07, 6.45) is 3.95. The highest BCUT2D eigenvalue weighted by Gasteiger charge is 2.33. The number of carbonyl (C=O) groups is 2. The maximum atomic E-state index is 13.3. The molecule has 1 aliphatic rings. The maximum Gasteiger partial charge on any atom is 0.328 e. The summed E-state index contributed by atoms with van der Waals surface area (Å²) in [5.41, 5.74) is 3.83. The lowest BCUT2D eigenvalue weighted by molar-refractivity contribution is -0.147. The van der Waals surface area contributed by atoms with E-state index in [0.29, 0.717) is 46.8 Å². The fraction of sp³-hybridized carbons (Fsp3) is 0.259. The summed E-state index contributed by atoms with van der Waals surface area (Å²) in [4.78, 5) is 39.2. The van der Waals surface area contributed by atoms with Crippen molar-refractivity contribution in [2.75, 3.05) is 20.8 Å². The number of piperidine rings is 1. The summed E-state index contributed by atoms with van der Waals surface area (Å²) in [5, 5.41) is 10.6. The minimum atomic E-state index is -0.578. The van der Waals surface area contributed by atoms with Crippen molar-refractivity contribution in [3.05, 3.63) is 60.3 Å². The number of ether oxygens (including phenoxy) is 2. The number of likely N-dealkylation sites (tertiary alicyclic amines) is 1. The number of amides is 1. The van der Waals surface area contributed by atoms with Gasteiger partial charge < -0.3 is 24.5 Å². The van der Waals surface area contributed by atoms with Crippen LogP contribution in [-0.2, 0) is 9.53 Å². The number of benzene rings is 2. The average molecular weight is 487 g/mol. The predicted octanol–water partition coefficient (Wildman–Crippen LogP) is 4.17. The second kappa shape index (κ2) is 9.69. The number of hydrogen-bond donors (Lipinski definition) is 2. The molecule has 0 radical (unpaired) electrons. The summed E-state index contributed by atoms with van der Waals surface area (Å²) in [6.45, 7) is 0.501. The summed E-state index contributed by atoms with van der Waals surface area (Å²) < 4.78 is 10.3. The molecule has 3 heterocycles. The summed E-state index contributed by atoms with van der Waals surface area (Å²) >= 11 is 0.